The molecule has 1 saturated heterocycles. The predicted molar refractivity (Wildman–Crippen MR) is 167 cm³/mol. The van der Waals surface area contributed by atoms with Gasteiger partial charge in [0.15, 0.2) is 20.8 Å². The molecule has 10 heteroatoms. The molecule has 1 aliphatic carbocycles. The molecule has 3 aromatic carbocycles. The first-order valence-electron chi connectivity index (χ1n) is 15.0. The second-order valence-electron chi connectivity index (χ2n) is 12.6. The van der Waals surface area contributed by atoms with Gasteiger partial charge in [-0.15, -0.1) is 0 Å². The highest BCUT2D eigenvalue weighted by Gasteiger charge is 2.51. The highest BCUT2D eigenvalue weighted by atomic mass is 32.2. The largest absolute Gasteiger partial charge is 0.483 e. The molecule has 1 heterocycles. The molecule has 3 aromatic rings. The van der Waals surface area contributed by atoms with Crippen molar-refractivity contribution >= 4 is 21.0 Å². The Morgan fingerprint density at radius 1 is 0.841 bits per heavy atom. The van der Waals surface area contributed by atoms with Crippen molar-refractivity contribution in [1.82, 2.24) is 0 Å². The van der Waals surface area contributed by atoms with E-state index < -0.39 is 38.0 Å². The van der Waals surface area contributed by atoms with Gasteiger partial charge in [0.05, 0.1) is 29.7 Å². The van der Waals surface area contributed by atoms with Gasteiger partial charge in [-0.2, -0.15) is 17.2 Å². The van der Waals surface area contributed by atoms with Crippen molar-refractivity contribution < 1.29 is 36.0 Å². The molecule has 6 nitrogen and oxygen atoms in total. The first kappa shape index (κ1) is 32.9. The summed E-state index contributed by atoms with van der Waals surface area (Å²) in [5, 5.41) is -4.45. The normalized spacial score (nSPS) is 22.7. The van der Waals surface area contributed by atoms with Crippen LogP contribution < -0.4 is 4.74 Å². The summed E-state index contributed by atoms with van der Waals surface area (Å²) in [5.41, 5.74) is 1.49. The first-order valence-corrected chi connectivity index (χ1v) is 17.7. The van der Waals surface area contributed by atoms with Gasteiger partial charge in [0, 0.05) is 0 Å². The average molecular weight is 648 g/mol. The number of hydrogen-bond donors (Lipinski definition) is 1. The number of alkyl halides is 2. The number of halogens is 2. The van der Waals surface area contributed by atoms with Crippen LogP contribution in [0.25, 0.3) is 0 Å². The van der Waals surface area contributed by atoms with Crippen LogP contribution in [0.1, 0.15) is 76.8 Å². The van der Waals surface area contributed by atoms with Gasteiger partial charge in [-0.25, -0.2) is 0 Å². The number of hydrogen-bond acceptors (Lipinski definition) is 5. The van der Waals surface area contributed by atoms with Crippen LogP contribution in [0.5, 0.6) is 5.75 Å². The fourth-order valence-corrected chi connectivity index (χ4v) is 8.23. The fraction of sp³-hybridized carbons (Fsp3) is 0.471. The lowest BCUT2D eigenvalue weighted by Gasteiger charge is -2.41. The van der Waals surface area contributed by atoms with Crippen molar-refractivity contribution in [3.63, 3.8) is 0 Å². The molecule has 0 bridgehead atoms. The van der Waals surface area contributed by atoms with Gasteiger partial charge < -0.3 is 14.2 Å². The Morgan fingerprint density at radius 3 is 1.86 bits per heavy atom. The van der Waals surface area contributed by atoms with E-state index in [0.717, 1.165) is 27.2 Å². The molecule has 0 amide bonds. The molecule has 238 valence electrons. The molecule has 0 aromatic heterocycles. The van der Waals surface area contributed by atoms with Crippen LogP contribution in [-0.4, -0.2) is 43.1 Å². The zero-order valence-corrected chi connectivity index (χ0v) is 27.2. The Bertz CT molecular complexity index is 1510. The molecular formula is C34H41F2O6S2+. The highest BCUT2D eigenvalue weighted by molar-refractivity contribution is 7.97. The molecule has 3 unspecified atom stereocenters. The smallest absolute Gasteiger partial charge is 0.405 e. The van der Waals surface area contributed by atoms with Crippen molar-refractivity contribution in [3.8, 4) is 5.75 Å². The van der Waals surface area contributed by atoms with E-state index in [1.807, 2.05) is 20.8 Å². The zero-order valence-electron chi connectivity index (χ0n) is 25.6. The van der Waals surface area contributed by atoms with E-state index in [1.165, 1.54) is 37.7 Å². The summed E-state index contributed by atoms with van der Waals surface area (Å²) in [6.07, 6.45) is 4.16. The lowest BCUT2D eigenvalue weighted by molar-refractivity contribution is -0.221. The van der Waals surface area contributed by atoms with E-state index >= 15 is 0 Å². The predicted octanol–water partition coefficient (Wildman–Crippen LogP) is 8.12. The fourth-order valence-electron chi connectivity index (χ4n) is 5.72. The molecular weight excluding hydrogens is 606 g/mol. The molecule has 1 N–H and O–H groups in total. The van der Waals surface area contributed by atoms with Crippen LogP contribution >= 0.6 is 0 Å². The summed E-state index contributed by atoms with van der Waals surface area (Å²) in [5.74, 6) is 0.656. The van der Waals surface area contributed by atoms with Gasteiger partial charge in [-0.05, 0) is 106 Å². The minimum absolute atomic E-state index is 0.0708. The van der Waals surface area contributed by atoms with Crippen LogP contribution in [0.2, 0.25) is 0 Å². The summed E-state index contributed by atoms with van der Waals surface area (Å²) in [4.78, 5) is 3.12. The van der Waals surface area contributed by atoms with Gasteiger partial charge in [0.25, 0.3) is 0 Å². The van der Waals surface area contributed by atoms with Crippen molar-refractivity contribution in [2.24, 2.45) is 0 Å². The molecule has 2 aliphatic rings. The molecule has 5 rings (SSSR count). The SMILES string of the molecule is CC(Oc1ccc([S+](c2ccc(C3CCCCC3)cc2)c2ccc(C3(C)COC(C)(C)CO3)cc2)cc1)C(F)(F)S(=O)(=O)O. The monoisotopic (exact) mass is 647 g/mol. The van der Waals surface area contributed by atoms with E-state index in [1.54, 1.807) is 24.3 Å². The summed E-state index contributed by atoms with van der Waals surface area (Å²) in [7, 11) is -6.15. The maximum Gasteiger partial charge on any atom is 0.405 e. The van der Waals surface area contributed by atoms with Crippen molar-refractivity contribution in [2.45, 2.75) is 103 Å². The topological polar surface area (TPSA) is 82.1 Å². The summed E-state index contributed by atoms with van der Waals surface area (Å²) in [6.45, 7) is 7.91. The molecule has 0 spiro atoms. The standard InChI is InChI=1S/C34H40F2O6S2/c1-24(34(35,36)44(37,38)39)42-28-14-20-31(21-15-28)43(29-16-10-26(11-17-29)25-8-6-5-7-9-25)30-18-12-27(13-19-30)33(4)23-40-32(2,3)22-41-33/h10-21,24-25H,5-9,22-23H2,1-4H3/p+1. The average Bonchev–Trinajstić information content (AvgIpc) is 3.00. The summed E-state index contributed by atoms with van der Waals surface area (Å²) in [6, 6.07) is 23.9. The van der Waals surface area contributed by atoms with Crippen molar-refractivity contribution in [2.75, 3.05) is 13.2 Å². The van der Waals surface area contributed by atoms with E-state index in [0.29, 0.717) is 19.1 Å². The van der Waals surface area contributed by atoms with Gasteiger partial charge in [-0.1, -0.05) is 43.5 Å². The number of ether oxygens (including phenoxy) is 3. The van der Waals surface area contributed by atoms with Crippen LogP contribution in [0.4, 0.5) is 8.78 Å². The van der Waals surface area contributed by atoms with Gasteiger partial charge in [0.1, 0.15) is 11.4 Å². The second kappa shape index (κ2) is 12.7. The Morgan fingerprint density at radius 2 is 1.36 bits per heavy atom. The molecule has 3 atom stereocenters. The molecule has 1 saturated carbocycles. The first-order chi connectivity index (χ1) is 20.7. The molecule has 1 aliphatic heterocycles. The third-order valence-electron chi connectivity index (χ3n) is 8.56. The van der Waals surface area contributed by atoms with Gasteiger partial charge in [-0.3, -0.25) is 4.55 Å². The summed E-state index contributed by atoms with van der Waals surface area (Å²) < 4.78 is 76.9. The zero-order chi connectivity index (χ0) is 31.8. The van der Waals surface area contributed by atoms with Crippen molar-refractivity contribution in [1.29, 1.82) is 0 Å². The van der Waals surface area contributed by atoms with E-state index in [4.69, 9.17) is 18.8 Å². The van der Waals surface area contributed by atoms with Gasteiger partial charge in [0.2, 0.25) is 0 Å². The number of rotatable bonds is 9. The number of benzene rings is 3. The Balaban J connectivity index is 1.44. The van der Waals surface area contributed by atoms with E-state index in [-0.39, 0.29) is 11.4 Å². The lowest BCUT2D eigenvalue weighted by atomic mass is 9.84. The highest BCUT2D eigenvalue weighted by Crippen LogP contribution is 2.39. The quantitative estimate of drug-likeness (QED) is 0.187. The Kier molecular flexibility index (Phi) is 9.50. The maximum atomic E-state index is 14.1. The minimum Gasteiger partial charge on any atom is -0.483 e. The molecule has 0 radical (unpaired) electrons. The maximum absolute atomic E-state index is 14.1. The van der Waals surface area contributed by atoms with E-state index in [2.05, 4.69) is 48.5 Å². The second-order valence-corrected chi connectivity index (χ2v) is 16.1. The van der Waals surface area contributed by atoms with Crippen LogP contribution in [-0.2, 0) is 36.1 Å². The van der Waals surface area contributed by atoms with Crippen LogP contribution in [0.15, 0.2) is 87.5 Å². The van der Waals surface area contributed by atoms with E-state index in [9.17, 15) is 17.2 Å². The van der Waals surface area contributed by atoms with Crippen molar-refractivity contribution in [3.05, 3.63) is 83.9 Å². The third kappa shape index (κ3) is 7.15. The van der Waals surface area contributed by atoms with Crippen LogP contribution in [0, 0.1) is 0 Å². The van der Waals surface area contributed by atoms with Gasteiger partial charge >= 0.3 is 15.4 Å². The summed E-state index contributed by atoms with van der Waals surface area (Å²) >= 11 is 0. The molecule has 2 fully saturated rings. The lowest BCUT2D eigenvalue weighted by Crippen LogP contribution is -2.47. The third-order valence-corrected chi connectivity index (χ3v) is 11.8. The Hall–Kier alpha value is -2.50. The Labute approximate surface area is 262 Å². The van der Waals surface area contributed by atoms with Crippen LogP contribution in [0.3, 0.4) is 0 Å². The molecule has 44 heavy (non-hydrogen) atoms. The minimum atomic E-state index is -5.62.